The number of nitrogens with one attached hydrogen (secondary N) is 2. The molecule has 218 valence electrons. The number of piperazine rings is 1. The highest BCUT2D eigenvalue weighted by atomic mass is 32.2. The predicted molar refractivity (Wildman–Crippen MR) is 158 cm³/mol. The molecule has 1 aliphatic carbocycles. The number of rotatable bonds is 9. The molecule has 5 rings (SSSR count). The third kappa shape index (κ3) is 6.02. The summed E-state index contributed by atoms with van der Waals surface area (Å²) in [5.41, 5.74) is 3.71. The third-order valence-electron chi connectivity index (χ3n) is 8.29. The maximum atomic E-state index is 14.5. The van der Waals surface area contributed by atoms with E-state index in [1.54, 1.807) is 13.2 Å². The summed E-state index contributed by atoms with van der Waals surface area (Å²) >= 11 is 0. The third-order valence-corrected chi connectivity index (χ3v) is 9.21. The molecule has 3 atom stereocenters. The van der Waals surface area contributed by atoms with E-state index in [4.69, 9.17) is 0 Å². The van der Waals surface area contributed by atoms with Crippen LogP contribution in [0.2, 0.25) is 0 Å². The molecular formula is C31H38N4O5S. The number of fused-ring (bicyclic) bond motifs is 2. The second-order valence-electron chi connectivity index (χ2n) is 11.9. The number of sulfone groups is 1. The van der Waals surface area contributed by atoms with Gasteiger partial charge in [0.05, 0.1) is 5.75 Å². The molecule has 10 heteroatoms. The molecule has 3 amide bonds. The Morgan fingerprint density at radius 1 is 1.07 bits per heavy atom. The van der Waals surface area contributed by atoms with E-state index in [0.29, 0.717) is 24.8 Å². The van der Waals surface area contributed by atoms with E-state index in [9.17, 15) is 22.8 Å². The lowest BCUT2D eigenvalue weighted by Gasteiger charge is -2.45. The molecule has 1 aromatic heterocycles. The number of carbonyl (C=O) groups is 3. The van der Waals surface area contributed by atoms with Crippen LogP contribution in [0.5, 0.6) is 0 Å². The van der Waals surface area contributed by atoms with Crippen molar-refractivity contribution in [1.29, 1.82) is 0 Å². The van der Waals surface area contributed by atoms with Gasteiger partial charge in [-0.15, -0.1) is 0 Å². The van der Waals surface area contributed by atoms with Crippen molar-refractivity contribution in [1.82, 2.24) is 20.1 Å². The van der Waals surface area contributed by atoms with Crippen LogP contribution in [-0.2, 0) is 37.1 Å². The van der Waals surface area contributed by atoms with Gasteiger partial charge in [-0.2, -0.15) is 0 Å². The summed E-state index contributed by atoms with van der Waals surface area (Å²) in [6, 6.07) is 12.8. The van der Waals surface area contributed by atoms with Gasteiger partial charge in [0.25, 0.3) is 0 Å². The largest absolute Gasteiger partial charge is 0.361 e. The fraction of sp³-hybridized carbons (Fsp3) is 0.452. The van der Waals surface area contributed by atoms with E-state index in [1.165, 1.54) is 20.9 Å². The summed E-state index contributed by atoms with van der Waals surface area (Å²) in [6.07, 6.45) is 4.65. The molecule has 0 spiro atoms. The molecule has 1 fully saturated rings. The second-order valence-corrected chi connectivity index (χ2v) is 14.2. The molecule has 0 unspecified atom stereocenters. The molecule has 2 aliphatic rings. The van der Waals surface area contributed by atoms with Crippen molar-refractivity contribution in [2.75, 3.05) is 25.6 Å². The lowest BCUT2D eigenvalue weighted by molar-refractivity contribution is -0.159. The number of likely N-dealkylation sites (N-methyl/N-ethyl adjacent to an activating group) is 1. The van der Waals surface area contributed by atoms with Gasteiger partial charge >= 0.3 is 0 Å². The lowest BCUT2D eigenvalue weighted by atomic mass is 9.87. The number of hydrogen-bond donors (Lipinski definition) is 2. The predicted octanol–water partition coefficient (Wildman–Crippen LogP) is 2.87. The highest BCUT2D eigenvalue weighted by molar-refractivity contribution is 7.90. The van der Waals surface area contributed by atoms with Crippen LogP contribution in [0.25, 0.3) is 10.9 Å². The first-order valence-electron chi connectivity index (χ1n) is 14.1. The summed E-state index contributed by atoms with van der Waals surface area (Å²) in [5.74, 6) is -1.23. The maximum Gasteiger partial charge on any atom is 0.249 e. The molecule has 9 nitrogen and oxygen atoms in total. The van der Waals surface area contributed by atoms with Gasteiger partial charge in [-0.05, 0) is 65.3 Å². The van der Waals surface area contributed by atoms with E-state index in [0.717, 1.165) is 17.2 Å². The van der Waals surface area contributed by atoms with Crippen LogP contribution >= 0.6 is 0 Å². The van der Waals surface area contributed by atoms with Crippen LogP contribution in [-0.4, -0.2) is 78.6 Å². The Bertz CT molecular complexity index is 1550. The van der Waals surface area contributed by atoms with Crippen molar-refractivity contribution in [2.24, 2.45) is 11.8 Å². The molecule has 41 heavy (non-hydrogen) atoms. The minimum atomic E-state index is -3.32. The lowest BCUT2D eigenvalue weighted by Crippen LogP contribution is -2.67. The zero-order valence-corrected chi connectivity index (χ0v) is 24.8. The van der Waals surface area contributed by atoms with Crippen LogP contribution < -0.4 is 5.32 Å². The first-order chi connectivity index (χ1) is 19.4. The van der Waals surface area contributed by atoms with Crippen molar-refractivity contribution < 1.29 is 22.8 Å². The summed E-state index contributed by atoms with van der Waals surface area (Å²) < 4.78 is 23.8. The Morgan fingerprint density at radius 2 is 1.76 bits per heavy atom. The normalized spacial score (nSPS) is 20.4. The first-order valence-corrected chi connectivity index (χ1v) is 16.2. The Hall–Kier alpha value is -3.66. The maximum absolute atomic E-state index is 14.5. The average molecular weight is 579 g/mol. The molecule has 1 saturated heterocycles. The van der Waals surface area contributed by atoms with Crippen molar-refractivity contribution >= 4 is 38.5 Å². The van der Waals surface area contributed by atoms with Crippen molar-refractivity contribution in [3.05, 3.63) is 71.4 Å². The summed E-state index contributed by atoms with van der Waals surface area (Å²) in [5, 5.41) is 3.99. The van der Waals surface area contributed by atoms with Crippen LogP contribution in [0.4, 0.5) is 0 Å². The monoisotopic (exact) mass is 578 g/mol. The standard InChI is InChI=1S/C31H38N4O5S/c1-19(2)15-26-29(36)33-27(24-16-21-7-5-6-8-22(21)17-24)30(37)35(26)28(31(38)34(3)13-14-41(4,39)40)23-10-9-20-11-12-32-25(20)18-23/h5-12,18-19,24,26-28,32H,13-17H2,1-4H3,(H,33,36)/t26-,27-,28-/m1/s1. The van der Waals surface area contributed by atoms with Crippen molar-refractivity contribution in [3.63, 3.8) is 0 Å². The van der Waals surface area contributed by atoms with Gasteiger partial charge in [-0.25, -0.2) is 8.42 Å². The molecule has 0 saturated carbocycles. The molecule has 1 aliphatic heterocycles. The number of carbonyl (C=O) groups excluding carboxylic acids is 3. The van der Waals surface area contributed by atoms with Crippen LogP contribution in [0.3, 0.4) is 0 Å². The highest BCUT2D eigenvalue weighted by Crippen LogP contribution is 2.36. The minimum Gasteiger partial charge on any atom is -0.361 e. The number of benzene rings is 2. The van der Waals surface area contributed by atoms with Crippen molar-refractivity contribution in [2.45, 2.75) is 51.2 Å². The zero-order chi connectivity index (χ0) is 29.5. The Labute approximate surface area is 241 Å². The van der Waals surface area contributed by atoms with E-state index in [1.807, 2.05) is 50.2 Å². The zero-order valence-electron chi connectivity index (χ0n) is 24.0. The average Bonchev–Trinajstić information content (AvgIpc) is 3.56. The Balaban J connectivity index is 1.57. The molecule has 2 heterocycles. The molecule has 2 N–H and O–H groups in total. The number of amides is 3. The Morgan fingerprint density at radius 3 is 2.39 bits per heavy atom. The van der Waals surface area contributed by atoms with Gasteiger partial charge in [-0.3, -0.25) is 14.4 Å². The number of H-pyrrole nitrogens is 1. The van der Waals surface area contributed by atoms with Crippen molar-refractivity contribution in [3.8, 4) is 0 Å². The fourth-order valence-electron chi connectivity index (χ4n) is 6.15. The topological polar surface area (TPSA) is 120 Å². The number of nitrogens with zero attached hydrogens (tertiary/aromatic N) is 2. The van der Waals surface area contributed by atoms with E-state index < -0.39 is 33.9 Å². The summed E-state index contributed by atoms with van der Waals surface area (Å²) in [6.45, 7) is 3.94. The molecule has 0 bridgehead atoms. The van der Waals surface area contributed by atoms with Crippen LogP contribution in [0.15, 0.2) is 54.7 Å². The van der Waals surface area contributed by atoms with Gasteiger partial charge in [0.1, 0.15) is 28.0 Å². The van der Waals surface area contributed by atoms with Gasteiger partial charge in [0.15, 0.2) is 0 Å². The second kappa shape index (κ2) is 11.3. The van der Waals surface area contributed by atoms with Crippen LogP contribution in [0, 0.1) is 11.8 Å². The quantitative estimate of drug-likeness (QED) is 0.405. The van der Waals surface area contributed by atoms with Gasteiger partial charge in [-0.1, -0.05) is 50.2 Å². The number of aromatic amines is 1. The summed E-state index contributed by atoms with van der Waals surface area (Å²) in [4.78, 5) is 48.5. The van der Waals surface area contributed by atoms with Gasteiger partial charge < -0.3 is 20.1 Å². The van der Waals surface area contributed by atoms with Crippen LogP contribution in [0.1, 0.15) is 43.0 Å². The number of hydrogen-bond acceptors (Lipinski definition) is 5. The fourth-order valence-corrected chi connectivity index (χ4v) is 6.76. The first kappa shape index (κ1) is 28.9. The van der Waals surface area contributed by atoms with Gasteiger partial charge in [0, 0.05) is 31.6 Å². The SMILES string of the molecule is CC(C)C[C@@H]1C(=O)N[C@H](C2Cc3ccccc3C2)C(=O)N1[C@@H](C(=O)N(C)CCS(C)(=O)=O)c1ccc2cc[nH]c2c1. The Kier molecular flexibility index (Phi) is 7.96. The van der Waals surface area contributed by atoms with E-state index >= 15 is 0 Å². The highest BCUT2D eigenvalue weighted by Gasteiger charge is 2.49. The molecular weight excluding hydrogens is 540 g/mol. The van der Waals surface area contributed by atoms with Gasteiger partial charge in [0.2, 0.25) is 17.7 Å². The molecule has 0 radical (unpaired) electrons. The smallest absolute Gasteiger partial charge is 0.249 e. The van der Waals surface area contributed by atoms with E-state index in [-0.39, 0.29) is 35.9 Å². The van der Waals surface area contributed by atoms with E-state index in [2.05, 4.69) is 22.4 Å². The number of aromatic nitrogens is 1. The summed E-state index contributed by atoms with van der Waals surface area (Å²) in [7, 11) is -1.78. The molecule has 2 aromatic carbocycles. The molecule has 3 aromatic rings. The minimum absolute atomic E-state index is 0.0245.